The molecule has 5 heteroatoms. The lowest BCUT2D eigenvalue weighted by atomic mass is 10.1. The Kier molecular flexibility index (Phi) is 7.02. The Morgan fingerprint density at radius 3 is 2.47 bits per heavy atom. The second-order valence-corrected chi connectivity index (χ2v) is 4.72. The molecular weight excluding hydrogens is 252 g/mol. The topological polar surface area (TPSA) is 21.7 Å². The van der Waals surface area contributed by atoms with Crippen molar-refractivity contribution >= 4 is 0 Å². The van der Waals surface area contributed by atoms with Gasteiger partial charge in [0.1, 0.15) is 6.61 Å². The van der Waals surface area contributed by atoms with Crippen molar-refractivity contribution in [1.29, 1.82) is 0 Å². The zero-order valence-electron chi connectivity index (χ0n) is 11.9. The van der Waals surface area contributed by atoms with Crippen molar-refractivity contribution in [2.45, 2.75) is 27.2 Å². The van der Waals surface area contributed by atoms with Gasteiger partial charge in [0.15, 0.2) is 0 Å². The van der Waals surface area contributed by atoms with Crippen molar-refractivity contribution in [1.82, 2.24) is 4.90 Å². The van der Waals surface area contributed by atoms with Crippen LogP contribution >= 0.6 is 0 Å². The van der Waals surface area contributed by atoms with E-state index in [1.54, 1.807) is 19.9 Å². The molecule has 1 aliphatic heterocycles. The first-order chi connectivity index (χ1) is 9.00. The van der Waals surface area contributed by atoms with Crippen LogP contribution in [0.1, 0.15) is 20.8 Å². The van der Waals surface area contributed by atoms with Crippen LogP contribution in [0.5, 0.6) is 0 Å². The van der Waals surface area contributed by atoms with Gasteiger partial charge in [-0.05, 0) is 38.0 Å². The number of halogens is 2. The summed E-state index contributed by atoms with van der Waals surface area (Å²) in [5.41, 5.74) is 0.662. The molecule has 0 bridgehead atoms. The van der Waals surface area contributed by atoms with Crippen molar-refractivity contribution in [3.8, 4) is 0 Å². The SMILES string of the molecule is C/C(=C\C(C)=C(/C)C(F)F)OCCN1CCOCC1. The van der Waals surface area contributed by atoms with Crippen molar-refractivity contribution < 1.29 is 18.3 Å². The maximum Gasteiger partial charge on any atom is 0.260 e. The Morgan fingerprint density at radius 2 is 1.89 bits per heavy atom. The van der Waals surface area contributed by atoms with Crippen LogP contribution in [0, 0.1) is 0 Å². The molecule has 0 saturated carbocycles. The molecule has 19 heavy (non-hydrogen) atoms. The Hall–Kier alpha value is -0.940. The van der Waals surface area contributed by atoms with Gasteiger partial charge in [0.25, 0.3) is 6.43 Å². The van der Waals surface area contributed by atoms with Crippen LogP contribution in [0.15, 0.2) is 23.0 Å². The van der Waals surface area contributed by atoms with E-state index in [4.69, 9.17) is 9.47 Å². The van der Waals surface area contributed by atoms with Gasteiger partial charge >= 0.3 is 0 Å². The molecule has 0 unspecified atom stereocenters. The molecule has 1 aliphatic rings. The third kappa shape index (κ3) is 6.16. The highest BCUT2D eigenvalue weighted by atomic mass is 19.3. The number of rotatable bonds is 6. The van der Waals surface area contributed by atoms with Gasteiger partial charge in [0.05, 0.1) is 19.0 Å². The first-order valence-electron chi connectivity index (χ1n) is 6.57. The fourth-order valence-corrected chi connectivity index (χ4v) is 1.79. The summed E-state index contributed by atoms with van der Waals surface area (Å²) in [6.07, 6.45) is -0.738. The van der Waals surface area contributed by atoms with Crippen LogP contribution in [0.25, 0.3) is 0 Å². The van der Waals surface area contributed by atoms with E-state index >= 15 is 0 Å². The van der Waals surface area contributed by atoms with Crippen LogP contribution in [-0.4, -0.2) is 50.8 Å². The Morgan fingerprint density at radius 1 is 1.26 bits per heavy atom. The molecule has 0 aromatic carbocycles. The van der Waals surface area contributed by atoms with E-state index in [-0.39, 0.29) is 5.57 Å². The zero-order chi connectivity index (χ0) is 14.3. The second-order valence-electron chi connectivity index (χ2n) is 4.72. The number of allylic oxidation sites excluding steroid dienone is 4. The summed E-state index contributed by atoms with van der Waals surface area (Å²) in [5, 5.41) is 0. The third-order valence-electron chi connectivity index (χ3n) is 3.21. The van der Waals surface area contributed by atoms with Gasteiger partial charge in [-0.1, -0.05) is 0 Å². The minimum Gasteiger partial charge on any atom is -0.497 e. The number of nitrogens with zero attached hydrogens (tertiary/aromatic N) is 1. The van der Waals surface area contributed by atoms with E-state index in [0.717, 1.165) is 32.8 Å². The minimum absolute atomic E-state index is 0.0936. The highest BCUT2D eigenvalue weighted by Gasteiger charge is 2.10. The number of hydrogen-bond acceptors (Lipinski definition) is 3. The lowest BCUT2D eigenvalue weighted by molar-refractivity contribution is 0.0276. The molecule has 0 radical (unpaired) electrons. The van der Waals surface area contributed by atoms with Crippen molar-refractivity contribution in [2.24, 2.45) is 0 Å². The summed E-state index contributed by atoms with van der Waals surface area (Å²) in [6, 6.07) is 0. The molecule has 1 rings (SSSR count). The molecule has 0 N–H and O–H groups in total. The molecule has 3 nitrogen and oxygen atoms in total. The number of alkyl halides is 2. The largest absolute Gasteiger partial charge is 0.497 e. The molecule has 0 spiro atoms. The van der Waals surface area contributed by atoms with Gasteiger partial charge in [-0.25, -0.2) is 8.78 Å². The summed E-state index contributed by atoms with van der Waals surface area (Å²) in [7, 11) is 0. The first-order valence-corrected chi connectivity index (χ1v) is 6.57. The first kappa shape index (κ1) is 16.1. The number of morpholine rings is 1. The van der Waals surface area contributed by atoms with Gasteiger partial charge < -0.3 is 9.47 Å². The van der Waals surface area contributed by atoms with E-state index in [0.29, 0.717) is 17.9 Å². The molecule has 0 aromatic heterocycles. The van der Waals surface area contributed by atoms with Crippen LogP contribution in [0.2, 0.25) is 0 Å². The van der Waals surface area contributed by atoms with Crippen LogP contribution in [0.4, 0.5) is 8.78 Å². The molecule has 0 atom stereocenters. The van der Waals surface area contributed by atoms with E-state index in [2.05, 4.69) is 4.90 Å². The lowest BCUT2D eigenvalue weighted by Gasteiger charge is -2.26. The van der Waals surface area contributed by atoms with Crippen molar-refractivity contribution in [3.05, 3.63) is 23.0 Å². The van der Waals surface area contributed by atoms with E-state index in [1.165, 1.54) is 6.92 Å². The normalized spacial score (nSPS) is 19.6. The number of hydrogen-bond donors (Lipinski definition) is 0. The highest BCUT2D eigenvalue weighted by molar-refractivity contribution is 5.25. The van der Waals surface area contributed by atoms with Gasteiger partial charge in [0, 0.05) is 19.6 Å². The zero-order valence-corrected chi connectivity index (χ0v) is 11.9. The van der Waals surface area contributed by atoms with E-state index < -0.39 is 6.43 Å². The highest BCUT2D eigenvalue weighted by Crippen LogP contribution is 2.15. The molecule has 1 saturated heterocycles. The van der Waals surface area contributed by atoms with Crippen molar-refractivity contribution in [3.63, 3.8) is 0 Å². The Bertz CT molecular complexity index is 334. The molecule has 110 valence electrons. The van der Waals surface area contributed by atoms with Crippen molar-refractivity contribution in [2.75, 3.05) is 39.5 Å². The Balaban J connectivity index is 2.33. The average molecular weight is 275 g/mol. The standard InChI is InChI=1S/C14H23F2NO2/c1-11(13(3)14(15)16)10-12(2)19-9-6-17-4-7-18-8-5-17/h10,14H,4-9H2,1-3H3/b12-10+,13-11+. The summed E-state index contributed by atoms with van der Waals surface area (Å²) in [5.74, 6) is 0.672. The third-order valence-corrected chi connectivity index (χ3v) is 3.21. The summed E-state index contributed by atoms with van der Waals surface area (Å²) in [6.45, 7) is 9.71. The van der Waals surface area contributed by atoms with Crippen LogP contribution in [0.3, 0.4) is 0 Å². The van der Waals surface area contributed by atoms with Gasteiger partial charge in [-0.15, -0.1) is 0 Å². The predicted octanol–water partition coefficient (Wildman–Crippen LogP) is 2.84. The molecule has 0 aromatic rings. The average Bonchev–Trinajstić information content (AvgIpc) is 2.38. The lowest BCUT2D eigenvalue weighted by Crippen LogP contribution is -2.38. The molecule has 1 heterocycles. The smallest absolute Gasteiger partial charge is 0.260 e. The van der Waals surface area contributed by atoms with E-state index in [1.807, 2.05) is 0 Å². The molecular formula is C14H23F2NO2. The van der Waals surface area contributed by atoms with E-state index in [9.17, 15) is 8.78 Å². The van der Waals surface area contributed by atoms with Gasteiger partial charge in [-0.3, -0.25) is 4.90 Å². The fourth-order valence-electron chi connectivity index (χ4n) is 1.79. The second kappa shape index (κ2) is 8.27. The summed E-state index contributed by atoms with van der Waals surface area (Å²) in [4.78, 5) is 2.27. The molecule has 0 amide bonds. The quantitative estimate of drug-likeness (QED) is 0.549. The predicted molar refractivity (Wildman–Crippen MR) is 71.3 cm³/mol. The maximum absolute atomic E-state index is 12.5. The Labute approximate surface area is 113 Å². The van der Waals surface area contributed by atoms with Crippen LogP contribution < -0.4 is 0 Å². The summed E-state index contributed by atoms with van der Waals surface area (Å²) < 4.78 is 35.8. The van der Waals surface area contributed by atoms with Crippen LogP contribution in [-0.2, 0) is 9.47 Å². The van der Waals surface area contributed by atoms with Gasteiger partial charge in [0.2, 0.25) is 0 Å². The maximum atomic E-state index is 12.5. The number of ether oxygens (including phenoxy) is 2. The minimum atomic E-state index is -2.41. The fraction of sp³-hybridized carbons (Fsp3) is 0.714. The summed E-state index contributed by atoms with van der Waals surface area (Å²) >= 11 is 0. The molecule has 0 aliphatic carbocycles. The monoisotopic (exact) mass is 275 g/mol. The van der Waals surface area contributed by atoms with Gasteiger partial charge in [-0.2, -0.15) is 0 Å². The molecule has 1 fully saturated rings.